The Morgan fingerprint density at radius 2 is 1.09 bits per heavy atom. The summed E-state index contributed by atoms with van der Waals surface area (Å²) in [5, 5.41) is 7.38. The number of ether oxygens (including phenoxy) is 2. The van der Waals surface area contributed by atoms with Crippen molar-refractivity contribution in [1.82, 2.24) is 0 Å². The van der Waals surface area contributed by atoms with Crippen molar-refractivity contribution in [2.75, 3.05) is 38.9 Å². The third-order valence-electron chi connectivity index (χ3n) is 8.45. The third-order valence-corrected chi connectivity index (χ3v) is 8.85. The highest BCUT2D eigenvalue weighted by Gasteiger charge is 2.46. The van der Waals surface area contributed by atoms with Gasteiger partial charge in [-0.3, -0.25) is 0 Å². The smallest absolute Gasteiger partial charge is 0.120 e. The molecular formula is C39H35NO4S2. The second-order valence-electron chi connectivity index (χ2n) is 10.8. The number of fused-ring (bicyclic) bond motifs is 5. The largest absolute Gasteiger partial charge is 0.492 e. The summed E-state index contributed by atoms with van der Waals surface area (Å²) in [6.07, 6.45) is 3.60. The van der Waals surface area contributed by atoms with Gasteiger partial charge in [0.05, 0.1) is 12.0 Å². The van der Waals surface area contributed by atoms with Crippen LogP contribution in [0.25, 0.3) is 32.7 Å². The average Bonchev–Trinajstić information content (AvgIpc) is 3.42. The van der Waals surface area contributed by atoms with Gasteiger partial charge in [-0.1, -0.05) is 90.1 Å². The van der Waals surface area contributed by atoms with Gasteiger partial charge in [0.25, 0.3) is 0 Å². The normalized spacial score (nSPS) is 12.6. The number of hydrogen-bond donors (Lipinski definition) is 1. The monoisotopic (exact) mass is 645 g/mol. The van der Waals surface area contributed by atoms with Gasteiger partial charge in [0.15, 0.2) is 0 Å². The van der Waals surface area contributed by atoms with Crippen LogP contribution in [-0.2, 0) is 9.60 Å². The highest BCUT2D eigenvalue weighted by atomic mass is 32.2. The van der Waals surface area contributed by atoms with Crippen molar-refractivity contribution in [2.45, 2.75) is 5.41 Å². The number of nitroso groups, excluding NO2 is 1. The van der Waals surface area contributed by atoms with Gasteiger partial charge in [0.1, 0.15) is 31.3 Å². The summed E-state index contributed by atoms with van der Waals surface area (Å²) in [6.45, 7) is 1.45. The van der Waals surface area contributed by atoms with Crippen molar-refractivity contribution in [3.05, 3.63) is 148 Å². The molecule has 1 aliphatic rings. The maximum atomic E-state index is 10.5. The molecule has 0 radical (unpaired) electrons. The van der Waals surface area contributed by atoms with Crippen molar-refractivity contribution in [3.8, 4) is 22.6 Å². The van der Waals surface area contributed by atoms with Gasteiger partial charge in [0.2, 0.25) is 0 Å². The van der Waals surface area contributed by atoms with Gasteiger partial charge >= 0.3 is 0 Å². The first-order valence-corrected chi connectivity index (χ1v) is 17.2. The molecule has 0 aromatic heterocycles. The zero-order valence-corrected chi connectivity index (χ0v) is 27.5. The van der Waals surface area contributed by atoms with E-state index < -0.39 is 5.41 Å². The lowest BCUT2D eigenvalue weighted by Gasteiger charge is -2.34. The van der Waals surface area contributed by atoms with Gasteiger partial charge in [-0.05, 0) is 110 Å². The van der Waals surface area contributed by atoms with Crippen LogP contribution in [0.3, 0.4) is 0 Å². The number of hydrogen-bond acceptors (Lipinski definition) is 7. The van der Waals surface area contributed by atoms with Crippen LogP contribution in [-0.4, -0.2) is 38.9 Å². The minimum atomic E-state index is -0.509. The van der Waals surface area contributed by atoms with E-state index in [4.69, 9.17) is 13.7 Å². The van der Waals surface area contributed by atoms with Crippen LogP contribution in [0.1, 0.15) is 22.3 Å². The fourth-order valence-corrected chi connectivity index (χ4v) is 6.83. The van der Waals surface area contributed by atoms with Crippen molar-refractivity contribution in [2.24, 2.45) is 5.18 Å². The SMILES string of the molecule is CS.CSOCCOc1ccc2cc(C3(c4ccc5cc(OCCN=O)ccc5c4)c4ccccc4-c4ccccc43)ccc2c1. The fourth-order valence-electron chi connectivity index (χ4n) is 6.60. The minimum absolute atomic E-state index is 0.131. The van der Waals surface area contributed by atoms with Crippen LogP contribution in [0.4, 0.5) is 0 Å². The molecule has 0 saturated heterocycles. The number of thiol groups is 1. The van der Waals surface area contributed by atoms with Gasteiger partial charge in [-0.2, -0.15) is 17.5 Å². The van der Waals surface area contributed by atoms with E-state index in [1.165, 1.54) is 45.4 Å². The quantitative estimate of drug-likeness (QED) is 0.0657. The molecule has 0 unspecified atom stereocenters. The van der Waals surface area contributed by atoms with Crippen molar-refractivity contribution in [1.29, 1.82) is 0 Å². The zero-order valence-electron chi connectivity index (χ0n) is 25.8. The van der Waals surface area contributed by atoms with Crippen LogP contribution in [0.5, 0.6) is 11.5 Å². The Morgan fingerprint density at radius 1 is 0.609 bits per heavy atom. The molecule has 0 N–H and O–H groups in total. The van der Waals surface area contributed by atoms with Gasteiger partial charge in [-0.25, -0.2) is 0 Å². The minimum Gasteiger partial charge on any atom is -0.492 e. The van der Waals surface area contributed by atoms with E-state index in [0.29, 0.717) is 13.2 Å². The summed E-state index contributed by atoms with van der Waals surface area (Å²) in [5.74, 6) is 1.57. The highest BCUT2D eigenvalue weighted by Crippen LogP contribution is 2.56. The standard InChI is InChI=1S/C38H31NO4S.CH4S/c1-44-43-21-20-42-33-17-13-27-23-31(15-11-29(27)25-33)38(36-8-4-2-6-34(36)35-7-3-5-9-37(35)38)30-14-10-28-24-32(41-19-18-39-40)16-12-26(28)22-30;1-2/h2-17,22-25H,18-21H2,1H3;2H,1H3. The molecule has 7 rings (SSSR count). The Morgan fingerprint density at radius 3 is 1.61 bits per heavy atom. The van der Waals surface area contributed by atoms with Gasteiger partial charge in [-0.15, -0.1) is 0 Å². The topological polar surface area (TPSA) is 57.1 Å². The Balaban J connectivity index is 0.00000182. The molecule has 0 spiro atoms. The van der Waals surface area contributed by atoms with Crippen LogP contribution >= 0.6 is 24.7 Å². The lowest BCUT2D eigenvalue weighted by Crippen LogP contribution is -2.28. The van der Waals surface area contributed by atoms with Crippen LogP contribution in [0, 0.1) is 4.91 Å². The molecule has 0 atom stereocenters. The molecule has 7 heteroatoms. The highest BCUT2D eigenvalue weighted by molar-refractivity contribution is 7.93. The molecule has 46 heavy (non-hydrogen) atoms. The first-order valence-electron chi connectivity index (χ1n) is 15.2. The van der Waals surface area contributed by atoms with E-state index in [2.05, 4.69) is 121 Å². The Bertz CT molecular complexity index is 1950. The van der Waals surface area contributed by atoms with E-state index in [1.54, 1.807) is 6.26 Å². The summed E-state index contributed by atoms with van der Waals surface area (Å²) in [4.78, 5) is 10.5. The predicted molar refractivity (Wildman–Crippen MR) is 195 cm³/mol. The second kappa shape index (κ2) is 14.4. The first kappa shape index (κ1) is 31.7. The van der Waals surface area contributed by atoms with Crippen molar-refractivity contribution >= 4 is 46.2 Å². The molecular weight excluding hydrogens is 611 g/mol. The van der Waals surface area contributed by atoms with E-state index in [-0.39, 0.29) is 13.2 Å². The molecule has 1 aliphatic carbocycles. The zero-order chi connectivity index (χ0) is 31.9. The lowest BCUT2D eigenvalue weighted by atomic mass is 9.67. The molecule has 0 saturated carbocycles. The molecule has 5 nitrogen and oxygen atoms in total. The second-order valence-corrected chi connectivity index (χ2v) is 11.4. The predicted octanol–water partition coefficient (Wildman–Crippen LogP) is 9.72. The van der Waals surface area contributed by atoms with E-state index >= 15 is 0 Å². The van der Waals surface area contributed by atoms with Crippen molar-refractivity contribution in [3.63, 3.8) is 0 Å². The van der Waals surface area contributed by atoms with E-state index in [9.17, 15) is 4.91 Å². The molecule has 0 fully saturated rings. The number of benzene rings is 6. The Hall–Kier alpha value is -4.30. The lowest BCUT2D eigenvalue weighted by molar-refractivity contribution is 0.239. The number of rotatable bonds is 11. The fraction of sp³-hybridized carbons (Fsp3) is 0.179. The summed E-state index contributed by atoms with van der Waals surface area (Å²) < 4.78 is 17.0. The maximum Gasteiger partial charge on any atom is 0.120 e. The molecule has 0 bridgehead atoms. The average molecular weight is 646 g/mol. The molecule has 0 heterocycles. The van der Waals surface area contributed by atoms with Crippen LogP contribution in [0.2, 0.25) is 0 Å². The van der Waals surface area contributed by atoms with Gasteiger partial charge < -0.3 is 13.7 Å². The molecule has 6 aromatic rings. The van der Waals surface area contributed by atoms with Gasteiger partial charge in [0, 0.05) is 6.26 Å². The van der Waals surface area contributed by atoms with Crippen LogP contribution in [0.15, 0.2) is 127 Å². The molecule has 0 aliphatic heterocycles. The van der Waals surface area contributed by atoms with Crippen LogP contribution < -0.4 is 9.47 Å². The number of nitrogens with zero attached hydrogens (tertiary/aromatic N) is 1. The Kier molecular flexibility index (Phi) is 9.93. The van der Waals surface area contributed by atoms with Crippen molar-refractivity contribution < 1.29 is 13.7 Å². The third kappa shape index (κ3) is 5.86. The van der Waals surface area contributed by atoms with E-state index in [1.807, 2.05) is 24.5 Å². The summed E-state index contributed by atoms with van der Waals surface area (Å²) in [5.41, 5.74) is 6.97. The first-order chi connectivity index (χ1) is 22.7. The summed E-state index contributed by atoms with van der Waals surface area (Å²) >= 11 is 4.88. The molecule has 6 aromatic carbocycles. The summed E-state index contributed by atoms with van der Waals surface area (Å²) in [6, 6.07) is 43.4. The molecule has 0 amide bonds. The molecule has 232 valence electrons. The summed E-state index contributed by atoms with van der Waals surface area (Å²) in [7, 11) is 0. The maximum absolute atomic E-state index is 10.5. The Labute approximate surface area is 279 Å². The van der Waals surface area contributed by atoms with E-state index in [0.717, 1.165) is 33.0 Å².